The largest absolute Gasteiger partial charge is 0.465 e. The molecule has 0 saturated carbocycles. The Morgan fingerprint density at radius 1 is 1.17 bits per heavy atom. The zero-order chi connectivity index (χ0) is 16.6. The number of methoxy groups -OCH3 is 1. The maximum absolute atomic E-state index is 11.8. The minimum absolute atomic E-state index is 0.389. The van der Waals surface area contributed by atoms with Crippen molar-refractivity contribution >= 4 is 11.6 Å². The molecule has 0 radical (unpaired) electrons. The average Bonchev–Trinajstić information content (AvgIpc) is 2.96. The van der Waals surface area contributed by atoms with Crippen LogP contribution in [0, 0.1) is 20.8 Å². The van der Waals surface area contributed by atoms with Crippen LogP contribution in [-0.2, 0) is 11.2 Å². The van der Waals surface area contributed by atoms with Crippen LogP contribution in [0.3, 0.4) is 0 Å². The Morgan fingerprint density at radius 2 is 1.87 bits per heavy atom. The molecule has 1 aromatic carbocycles. The van der Waals surface area contributed by atoms with Crippen molar-refractivity contribution in [3.63, 3.8) is 0 Å². The molecule has 0 atom stereocenters. The highest BCUT2D eigenvalue weighted by molar-refractivity contribution is 5.95. The molecule has 0 aliphatic rings. The fourth-order valence-electron chi connectivity index (χ4n) is 2.73. The first kappa shape index (κ1) is 15.2. The SMILES string of the molecule is COC(=O)c1cnn2c(C)c(Cc3ccc(C)cc3)c(C)nc12. The van der Waals surface area contributed by atoms with Crippen molar-refractivity contribution in [2.45, 2.75) is 27.2 Å². The fourth-order valence-corrected chi connectivity index (χ4v) is 2.73. The maximum atomic E-state index is 11.8. The van der Waals surface area contributed by atoms with Gasteiger partial charge in [-0.25, -0.2) is 14.3 Å². The molecule has 0 bridgehead atoms. The molecular formula is C18H19N3O2. The van der Waals surface area contributed by atoms with Crippen LogP contribution in [0.5, 0.6) is 0 Å². The van der Waals surface area contributed by atoms with E-state index < -0.39 is 5.97 Å². The molecule has 0 unspecified atom stereocenters. The van der Waals surface area contributed by atoms with Gasteiger partial charge < -0.3 is 4.74 Å². The van der Waals surface area contributed by atoms with Crippen LogP contribution in [-0.4, -0.2) is 27.7 Å². The number of carbonyl (C=O) groups is 1. The highest BCUT2D eigenvalue weighted by Crippen LogP contribution is 2.20. The summed E-state index contributed by atoms with van der Waals surface area (Å²) >= 11 is 0. The molecule has 23 heavy (non-hydrogen) atoms. The van der Waals surface area contributed by atoms with Gasteiger partial charge in [-0.05, 0) is 31.9 Å². The molecule has 0 saturated heterocycles. The Balaban J connectivity index is 2.08. The molecule has 0 aliphatic carbocycles. The van der Waals surface area contributed by atoms with Gasteiger partial charge in [-0.2, -0.15) is 5.10 Å². The highest BCUT2D eigenvalue weighted by Gasteiger charge is 2.18. The van der Waals surface area contributed by atoms with Crippen molar-refractivity contribution in [2.75, 3.05) is 7.11 Å². The van der Waals surface area contributed by atoms with Gasteiger partial charge in [0.1, 0.15) is 5.56 Å². The number of hydrogen-bond donors (Lipinski definition) is 0. The minimum Gasteiger partial charge on any atom is -0.465 e. The van der Waals surface area contributed by atoms with E-state index >= 15 is 0 Å². The monoisotopic (exact) mass is 309 g/mol. The number of aryl methyl sites for hydroxylation is 3. The van der Waals surface area contributed by atoms with E-state index in [2.05, 4.69) is 41.3 Å². The lowest BCUT2D eigenvalue weighted by Gasteiger charge is -2.11. The van der Waals surface area contributed by atoms with Gasteiger partial charge in [-0.3, -0.25) is 0 Å². The van der Waals surface area contributed by atoms with Crippen molar-refractivity contribution in [3.05, 3.63) is 64.1 Å². The minimum atomic E-state index is -0.419. The van der Waals surface area contributed by atoms with Crippen molar-refractivity contribution < 1.29 is 9.53 Å². The summed E-state index contributed by atoms with van der Waals surface area (Å²) in [7, 11) is 1.36. The third kappa shape index (κ3) is 2.70. The molecule has 0 fully saturated rings. The number of carbonyl (C=O) groups excluding carboxylic acids is 1. The summed E-state index contributed by atoms with van der Waals surface area (Å²) < 4.78 is 6.50. The van der Waals surface area contributed by atoms with Crippen molar-refractivity contribution in [2.24, 2.45) is 0 Å². The molecule has 5 nitrogen and oxygen atoms in total. The van der Waals surface area contributed by atoms with E-state index in [1.807, 2.05) is 13.8 Å². The molecule has 3 rings (SSSR count). The number of ether oxygens (including phenoxy) is 1. The molecule has 5 heteroatoms. The number of fused-ring (bicyclic) bond motifs is 1. The Labute approximate surface area is 134 Å². The summed E-state index contributed by atoms with van der Waals surface area (Å²) in [5, 5.41) is 4.30. The Bertz CT molecular complexity index is 879. The second-order valence-electron chi connectivity index (χ2n) is 5.71. The first-order chi connectivity index (χ1) is 11.0. The van der Waals surface area contributed by atoms with Gasteiger partial charge in [-0.15, -0.1) is 0 Å². The number of hydrogen-bond acceptors (Lipinski definition) is 4. The van der Waals surface area contributed by atoms with Crippen LogP contribution in [0.2, 0.25) is 0 Å². The molecule has 0 amide bonds. The second-order valence-corrected chi connectivity index (χ2v) is 5.71. The van der Waals surface area contributed by atoms with Crippen molar-refractivity contribution in [1.29, 1.82) is 0 Å². The quantitative estimate of drug-likeness (QED) is 0.698. The van der Waals surface area contributed by atoms with Gasteiger partial charge in [0.05, 0.1) is 13.3 Å². The Morgan fingerprint density at radius 3 is 2.52 bits per heavy atom. The number of aromatic nitrogens is 3. The van der Waals surface area contributed by atoms with E-state index in [1.165, 1.54) is 24.4 Å². The van der Waals surface area contributed by atoms with E-state index in [0.29, 0.717) is 11.2 Å². The lowest BCUT2D eigenvalue weighted by Crippen LogP contribution is -2.08. The summed E-state index contributed by atoms with van der Waals surface area (Å²) in [6.07, 6.45) is 2.30. The van der Waals surface area contributed by atoms with Gasteiger partial charge in [-0.1, -0.05) is 29.8 Å². The van der Waals surface area contributed by atoms with Crippen LogP contribution in [0.4, 0.5) is 0 Å². The average molecular weight is 309 g/mol. The van der Waals surface area contributed by atoms with E-state index in [1.54, 1.807) is 4.52 Å². The van der Waals surface area contributed by atoms with Gasteiger partial charge in [0.15, 0.2) is 5.65 Å². The number of nitrogens with zero attached hydrogens (tertiary/aromatic N) is 3. The zero-order valence-corrected chi connectivity index (χ0v) is 13.8. The highest BCUT2D eigenvalue weighted by atomic mass is 16.5. The van der Waals surface area contributed by atoms with Gasteiger partial charge >= 0.3 is 5.97 Å². The first-order valence-corrected chi connectivity index (χ1v) is 7.49. The van der Waals surface area contributed by atoms with Crippen LogP contribution >= 0.6 is 0 Å². The predicted molar refractivity (Wildman–Crippen MR) is 87.8 cm³/mol. The number of esters is 1. The van der Waals surface area contributed by atoms with Crippen LogP contribution < -0.4 is 0 Å². The van der Waals surface area contributed by atoms with Crippen LogP contribution in [0.1, 0.15) is 38.4 Å². The zero-order valence-electron chi connectivity index (χ0n) is 13.8. The third-order valence-corrected chi connectivity index (χ3v) is 4.12. The summed E-state index contributed by atoms with van der Waals surface area (Å²) in [5.41, 5.74) is 6.42. The summed E-state index contributed by atoms with van der Waals surface area (Å²) in [6, 6.07) is 8.47. The van der Waals surface area contributed by atoms with Crippen LogP contribution in [0.25, 0.3) is 5.65 Å². The maximum Gasteiger partial charge on any atom is 0.343 e. The van der Waals surface area contributed by atoms with Gasteiger partial charge in [0.25, 0.3) is 0 Å². The van der Waals surface area contributed by atoms with Gasteiger partial charge in [0, 0.05) is 17.8 Å². The van der Waals surface area contributed by atoms with E-state index in [-0.39, 0.29) is 0 Å². The Kier molecular flexibility index (Phi) is 3.86. The molecule has 3 aromatic rings. The lowest BCUT2D eigenvalue weighted by atomic mass is 10.0. The molecule has 118 valence electrons. The van der Waals surface area contributed by atoms with Crippen LogP contribution in [0.15, 0.2) is 30.5 Å². The predicted octanol–water partition coefficient (Wildman–Crippen LogP) is 3.03. The topological polar surface area (TPSA) is 56.5 Å². The lowest BCUT2D eigenvalue weighted by molar-refractivity contribution is 0.0602. The van der Waals surface area contributed by atoms with Gasteiger partial charge in [0.2, 0.25) is 0 Å². The number of benzene rings is 1. The molecule has 2 aromatic heterocycles. The summed E-state index contributed by atoms with van der Waals surface area (Å²) in [5.74, 6) is -0.419. The fraction of sp³-hybridized carbons (Fsp3) is 0.278. The molecular weight excluding hydrogens is 290 g/mol. The molecule has 0 spiro atoms. The summed E-state index contributed by atoms with van der Waals surface area (Å²) in [6.45, 7) is 6.04. The third-order valence-electron chi connectivity index (χ3n) is 4.12. The Hall–Kier alpha value is -2.69. The smallest absolute Gasteiger partial charge is 0.343 e. The van der Waals surface area contributed by atoms with E-state index in [9.17, 15) is 4.79 Å². The van der Waals surface area contributed by atoms with Crippen molar-refractivity contribution in [1.82, 2.24) is 14.6 Å². The van der Waals surface area contributed by atoms with E-state index in [0.717, 1.165) is 23.4 Å². The van der Waals surface area contributed by atoms with E-state index in [4.69, 9.17) is 4.74 Å². The van der Waals surface area contributed by atoms with Crippen molar-refractivity contribution in [3.8, 4) is 0 Å². The molecule has 0 N–H and O–H groups in total. The standard InChI is InChI=1S/C18H19N3O2/c1-11-5-7-14(8-6-11)9-15-12(2)20-17-16(18(22)23-4)10-19-21(17)13(15)3/h5-8,10H,9H2,1-4H3. The normalized spacial score (nSPS) is 11.0. The molecule has 2 heterocycles. The number of rotatable bonds is 3. The second kappa shape index (κ2) is 5.83. The molecule has 0 aliphatic heterocycles. The summed E-state index contributed by atoms with van der Waals surface area (Å²) in [4.78, 5) is 16.4. The first-order valence-electron chi connectivity index (χ1n) is 7.49.